The molecule has 1 N–H and O–H groups in total. The number of anilines is 1. The van der Waals surface area contributed by atoms with Crippen LogP contribution in [0, 0.1) is 0 Å². The highest BCUT2D eigenvalue weighted by atomic mass is 35.5. The van der Waals surface area contributed by atoms with Gasteiger partial charge in [-0.15, -0.1) is 0 Å². The van der Waals surface area contributed by atoms with Crippen LogP contribution in [-0.2, 0) is 16.6 Å². The van der Waals surface area contributed by atoms with E-state index in [0.717, 1.165) is 11.1 Å². The van der Waals surface area contributed by atoms with Gasteiger partial charge in [0.25, 0.3) is 0 Å². The van der Waals surface area contributed by atoms with Crippen molar-refractivity contribution in [3.63, 3.8) is 0 Å². The van der Waals surface area contributed by atoms with Crippen LogP contribution < -0.4 is 5.32 Å². The Labute approximate surface area is 158 Å². The summed E-state index contributed by atoms with van der Waals surface area (Å²) in [6.07, 6.45) is -0.507. The molecule has 132 valence electrons. The smallest absolute Gasteiger partial charge is 0.247 e. The van der Waals surface area contributed by atoms with E-state index in [1.54, 1.807) is 30.3 Å². The van der Waals surface area contributed by atoms with Crippen LogP contribution in [0.25, 0.3) is 0 Å². The molecule has 1 heterocycles. The van der Waals surface area contributed by atoms with Gasteiger partial charge in [-0.2, -0.15) is 4.31 Å². The third-order valence-corrected chi connectivity index (χ3v) is 6.54. The van der Waals surface area contributed by atoms with Gasteiger partial charge in [-0.1, -0.05) is 66.2 Å². The molecule has 0 aromatic heterocycles. The summed E-state index contributed by atoms with van der Waals surface area (Å²) < 4.78 is 28.1. The molecule has 0 bridgehead atoms. The quantitative estimate of drug-likeness (QED) is 0.714. The molecule has 6 heteroatoms. The van der Waals surface area contributed by atoms with Crippen LogP contribution in [-0.4, -0.2) is 12.7 Å². The molecule has 0 radical (unpaired) electrons. The standard InChI is InChI=1S/C20H17ClN2O2S/c21-17-12-10-16(11-13-17)20-22-18-8-4-5-9-19(18)26(24,25)23(20)14-15-6-2-1-3-7-15/h1-13,20,22H,14H2/t20-/m0/s1. The Morgan fingerprint density at radius 1 is 0.885 bits per heavy atom. The van der Waals surface area contributed by atoms with E-state index in [0.29, 0.717) is 15.6 Å². The first kappa shape index (κ1) is 17.1. The molecule has 1 aliphatic rings. The summed E-state index contributed by atoms with van der Waals surface area (Å²) in [5, 5.41) is 3.98. The first-order chi connectivity index (χ1) is 12.6. The molecule has 0 amide bonds. The van der Waals surface area contributed by atoms with Crippen molar-refractivity contribution in [1.82, 2.24) is 4.31 Å². The van der Waals surface area contributed by atoms with Gasteiger partial charge in [0.1, 0.15) is 11.1 Å². The molecule has 0 spiro atoms. The Hall–Kier alpha value is -2.34. The minimum atomic E-state index is -3.65. The predicted octanol–water partition coefficient (Wildman–Crippen LogP) is 4.66. The second-order valence-corrected chi connectivity index (χ2v) is 8.43. The molecule has 0 unspecified atom stereocenters. The van der Waals surface area contributed by atoms with Crippen LogP contribution in [0.3, 0.4) is 0 Å². The molecule has 3 aromatic carbocycles. The fourth-order valence-corrected chi connectivity index (χ4v) is 4.93. The number of nitrogens with zero attached hydrogens (tertiary/aromatic N) is 1. The Morgan fingerprint density at radius 2 is 1.54 bits per heavy atom. The lowest BCUT2D eigenvalue weighted by Gasteiger charge is -2.37. The average molecular weight is 385 g/mol. The molecule has 0 saturated carbocycles. The lowest BCUT2D eigenvalue weighted by Crippen LogP contribution is -2.42. The normalized spacial score (nSPS) is 18.7. The minimum Gasteiger partial charge on any atom is -0.364 e. The van der Waals surface area contributed by atoms with E-state index >= 15 is 0 Å². The fraction of sp³-hybridized carbons (Fsp3) is 0.100. The average Bonchev–Trinajstić information content (AvgIpc) is 2.66. The van der Waals surface area contributed by atoms with Gasteiger partial charge in [0.15, 0.2) is 0 Å². The number of nitrogens with one attached hydrogen (secondary N) is 1. The first-order valence-corrected chi connectivity index (χ1v) is 10.0. The Kier molecular flexibility index (Phi) is 4.44. The number of fused-ring (bicyclic) bond motifs is 1. The van der Waals surface area contributed by atoms with Gasteiger partial charge in [-0.05, 0) is 35.4 Å². The van der Waals surface area contributed by atoms with E-state index in [4.69, 9.17) is 11.6 Å². The number of rotatable bonds is 3. The SMILES string of the molecule is O=S1(=O)c2ccccc2N[C@H](c2ccc(Cl)cc2)N1Cc1ccccc1. The molecule has 4 nitrogen and oxygen atoms in total. The Balaban J connectivity index is 1.83. The molecule has 1 atom stereocenters. The van der Waals surface area contributed by atoms with Crippen LogP contribution >= 0.6 is 11.6 Å². The number of hydrogen-bond acceptors (Lipinski definition) is 3. The second-order valence-electron chi connectivity index (χ2n) is 6.13. The van der Waals surface area contributed by atoms with Crippen molar-refractivity contribution in [2.24, 2.45) is 0 Å². The Bertz CT molecular complexity index is 1020. The number of para-hydroxylation sites is 1. The van der Waals surface area contributed by atoms with Crippen molar-refractivity contribution < 1.29 is 8.42 Å². The maximum Gasteiger partial charge on any atom is 0.247 e. The van der Waals surface area contributed by atoms with E-state index < -0.39 is 16.2 Å². The van der Waals surface area contributed by atoms with E-state index in [1.807, 2.05) is 48.5 Å². The van der Waals surface area contributed by atoms with Gasteiger partial charge in [0.05, 0.1) is 5.69 Å². The third kappa shape index (κ3) is 3.09. The molecular weight excluding hydrogens is 368 g/mol. The Morgan fingerprint density at radius 3 is 2.27 bits per heavy atom. The van der Waals surface area contributed by atoms with Crippen molar-refractivity contribution >= 4 is 27.3 Å². The van der Waals surface area contributed by atoms with Gasteiger partial charge >= 0.3 is 0 Å². The summed E-state index contributed by atoms with van der Waals surface area (Å²) in [7, 11) is -3.65. The molecule has 0 saturated heterocycles. The van der Waals surface area contributed by atoms with Crippen LogP contribution in [0.4, 0.5) is 5.69 Å². The summed E-state index contributed by atoms with van der Waals surface area (Å²) in [6.45, 7) is 0.276. The lowest BCUT2D eigenvalue weighted by atomic mass is 10.1. The van der Waals surface area contributed by atoms with Gasteiger partial charge in [0.2, 0.25) is 10.0 Å². The largest absolute Gasteiger partial charge is 0.364 e. The summed E-state index contributed by atoms with van der Waals surface area (Å²) >= 11 is 6.00. The van der Waals surface area contributed by atoms with Gasteiger partial charge < -0.3 is 5.32 Å². The molecule has 3 aromatic rings. The van der Waals surface area contributed by atoms with Crippen molar-refractivity contribution in [2.75, 3.05) is 5.32 Å². The summed E-state index contributed by atoms with van der Waals surface area (Å²) in [5.74, 6) is 0. The molecule has 4 rings (SSSR count). The zero-order valence-corrected chi connectivity index (χ0v) is 15.4. The number of hydrogen-bond donors (Lipinski definition) is 1. The van der Waals surface area contributed by atoms with Crippen molar-refractivity contribution in [1.29, 1.82) is 0 Å². The molecular formula is C20H17ClN2O2S. The van der Waals surface area contributed by atoms with Gasteiger partial charge in [-0.3, -0.25) is 0 Å². The van der Waals surface area contributed by atoms with Gasteiger partial charge in [-0.25, -0.2) is 8.42 Å². The summed E-state index contributed by atoms with van der Waals surface area (Å²) in [6, 6.07) is 23.8. The molecule has 0 fully saturated rings. The van der Waals surface area contributed by atoms with Crippen LogP contribution in [0.15, 0.2) is 83.8 Å². The maximum atomic E-state index is 13.3. The minimum absolute atomic E-state index is 0.276. The topological polar surface area (TPSA) is 49.4 Å². The van der Waals surface area contributed by atoms with Crippen LogP contribution in [0.1, 0.15) is 17.3 Å². The number of sulfonamides is 1. The van der Waals surface area contributed by atoms with Crippen LogP contribution in [0.5, 0.6) is 0 Å². The van der Waals surface area contributed by atoms with E-state index in [-0.39, 0.29) is 6.54 Å². The van der Waals surface area contributed by atoms with Crippen molar-refractivity contribution in [3.05, 3.63) is 95.0 Å². The van der Waals surface area contributed by atoms with Crippen LogP contribution in [0.2, 0.25) is 5.02 Å². The van der Waals surface area contributed by atoms with Crippen molar-refractivity contribution in [2.45, 2.75) is 17.6 Å². The highest BCUT2D eigenvalue weighted by Crippen LogP contribution is 2.39. The monoisotopic (exact) mass is 384 g/mol. The lowest BCUT2D eigenvalue weighted by molar-refractivity contribution is 0.336. The van der Waals surface area contributed by atoms with Crippen molar-refractivity contribution in [3.8, 4) is 0 Å². The molecule has 1 aliphatic heterocycles. The summed E-state index contributed by atoms with van der Waals surface area (Å²) in [4.78, 5) is 0.293. The molecule has 0 aliphatic carbocycles. The third-order valence-electron chi connectivity index (χ3n) is 4.42. The summed E-state index contributed by atoms with van der Waals surface area (Å²) in [5.41, 5.74) is 2.37. The second kappa shape index (κ2) is 6.76. The zero-order valence-electron chi connectivity index (χ0n) is 13.8. The number of benzene rings is 3. The fourth-order valence-electron chi connectivity index (χ4n) is 3.13. The van der Waals surface area contributed by atoms with Gasteiger partial charge in [0, 0.05) is 11.6 Å². The van der Waals surface area contributed by atoms with E-state index in [2.05, 4.69) is 5.32 Å². The maximum absolute atomic E-state index is 13.3. The highest BCUT2D eigenvalue weighted by Gasteiger charge is 2.38. The zero-order chi connectivity index (χ0) is 18.1. The predicted molar refractivity (Wildman–Crippen MR) is 103 cm³/mol. The number of halogens is 1. The highest BCUT2D eigenvalue weighted by molar-refractivity contribution is 7.89. The first-order valence-electron chi connectivity index (χ1n) is 8.22. The van der Waals surface area contributed by atoms with E-state index in [9.17, 15) is 8.42 Å². The van der Waals surface area contributed by atoms with E-state index in [1.165, 1.54) is 4.31 Å². The molecule has 26 heavy (non-hydrogen) atoms.